The van der Waals surface area contributed by atoms with E-state index in [-0.39, 0.29) is 6.04 Å². The highest BCUT2D eigenvalue weighted by atomic mass is 79.9. The van der Waals surface area contributed by atoms with E-state index in [0.717, 1.165) is 15.4 Å². The summed E-state index contributed by atoms with van der Waals surface area (Å²) in [7, 11) is 0. The quantitative estimate of drug-likeness (QED) is 0.796. The topological polar surface area (TPSA) is 12.0 Å². The van der Waals surface area contributed by atoms with Crippen LogP contribution in [0.1, 0.15) is 27.6 Å². The van der Waals surface area contributed by atoms with Gasteiger partial charge < -0.3 is 5.32 Å². The van der Waals surface area contributed by atoms with Gasteiger partial charge in [0.15, 0.2) is 0 Å². The molecule has 17 heavy (non-hydrogen) atoms. The molecule has 0 bridgehead atoms. The average Bonchev–Trinajstić information content (AvgIpc) is 2.83. The maximum Gasteiger partial charge on any atom is 0.0888 e. The third kappa shape index (κ3) is 3.12. The fourth-order valence-corrected chi connectivity index (χ4v) is 4.55. The van der Waals surface area contributed by atoms with Gasteiger partial charge in [-0.3, -0.25) is 0 Å². The Morgan fingerprint density at radius 3 is 2.59 bits per heavy atom. The van der Waals surface area contributed by atoms with E-state index in [4.69, 9.17) is 11.6 Å². The van der Waals surface area contributed by atoms with Gasteiger partial charge in [0, 0.05) is 14.6 Å². The van der Waals surface area contributed by atoms with E-state index in [0.29, 0.717) is 0 Å². The van der Waals surface area contributed by atoms with Crippen molar-refractivity contribution < 1.29 is 0 Å². The Bertz CT molecular complexity index is 487. The minimum absolute atomic E-state index is 0.257. The summed E-state index contributed by atoms with van der Waals surface area (Å²) in [6.07, 6.45) is 0. The first-order chi connectivity index (χ1) is 8.11. The van der Waals surface area contributed by atoms with Crippen molar-refractivity contribution in [1.29, 1.82) is 0 Å². The van der Waals surface area contributed by atoms with Gasteiger partial charge in [-0.15, -0.1) is 22.7 Å². The molecule has 1 nitrogen and oxygen atoms in total. The molecule has 0 aromatic carbocycles. The molecular formula is C12H13BrClNS2. The fraction of sp³-hybridized carbons (Fsp3) is 0.333. The van der Waals surface area contributed by atoms with Crippen molar-refractivity contribution in [2.45, 2.75) is 19.9 Å². The first-order valence-electron chi connectivity index (χ1n) is 5.36. The smallest absolute Gasteiger partial charge is 0.0888 e. The molecule has 0 aliphatic heterocycles. The molecule has 5 heteroatoms. The molecule has 2 aromatic heterocycles. The Morgan fingerprint density at radius 2 is 2.12 bits per heavy atom. The van der Waals surface area contributed by atoms with Gasteiger partial charge in [0.2, 0.25) is 0 Å². The Morgan fingerprint density at radius 1 is 1.35 bits per heavy atom. The lowest BCUT2D eigenvalue weighted by Crippen LogP contribution is -2.20. The van der Waals surface area contributed by atoms with E-state index in [9.17, 15) is 0 Å². The molecule has 0 aliphatic rings. The summed E-state index contributed by atoms with van der Waals surface area (Å²) >= 11 is 13.1. The molecule has 2 aromatic rings. The van der Waals surface area contributed by atoms with Crippen molar-refractivity contribution >= 4 is 50.2 Å². The summed E-state index contributed by atoms with van der Waals surface area (Å²) in [6, 6.07) is 6.65. The predicted molar refractivity (Wildman–Crippen MR) is 81.6 cm³/mol. The van der Waals surface area contributed by atoms with E-state index in [1.54, 1.807) is 11.3 Å². The maximum absolute atomic E-state index is 6.11. The summed E-state index contributed by atoms with van der Waals surface area (Å²) in [5.41, 5.74) is 0. The standard InChI is InChI=1S/C12H13BrClNS2/c1-3-15-11(9-5-4-7(2)16-9)10-6-8(14)12(13)17-10/h4-6,11,15H,3H2,1-2H3. The SMILES string of the molecule is CCNC(c1ccc(C)s1)c1cc(Cl)c(Br)s1. The van der Waals surface area contributed by atoms with Crippen LogP contribution in [0.15, 0.2) is 22.0 Å². The van der Waals surface area contributed by atoms with Gasteiger partial charge >= 0.3 is 0 Å². The summed E-state index contributed by atoms with van der Waals surface area (Å²) in [5.74, 6) is 0. The summed E-state index contributed by atoms with van der Waals surface area (Å²) in [5, 5.41) is 4.30. The van der Waals surface area contributed by atoms with E-state index < -0.39 is 0 Å². The molecule has 0 fully saturated rings. The van der Waals surface area contributed by atoms with E-state index in [2.05, 4.69) is 47.2 Å². The molecule has 2 heterocycles. The summed E-state index contributed by atoms with van der Waals surface area (Å²) < 4.78 is 1.00. The van der Waals surface area contributed by atoms with Crippen molar-refractivity contribution in [2.24, 2.45) is 0 Å². The van der Waals surface area contributed by atoms with Crippen molar-refractivity contribution in [2.75, 3.05) is 6.54 Å². The van der Waals surface area contributed by atoms with Crippen LogP contribution in [-0.4, -0.2) is 6.54 Å². The van der Waals surface area contributed by atoms with Gasteiger partial charge in [-0.05, 0) is 47.6 Å². The number of hydrogen-bond donors (Lipinski definition) is 1. The molecule has 0 amide bonds. The van der Waals surface area contributed by atoms with Crippen molar-refractivity contribution in [1.82, 2.24) is 5.32 Å². The second kappa shape index (κ2) is 5.85. The number of rotatable bonds is 4. The molecule has 1 atom stereocenters. The number of aryl methyl sites for hydroxylation is 1. The van der Waals surface area contributed by atoms with Crippen LogP contribution in [0, 0.1) is 6.92 Å². The molecule has 1 N–H and O–H groups in total. The van der Waals surface area contributed by atoms with Crippen LogP contribution >= 0.6 is 50.2 Å². The molecule has 0 aliphatic carbocycles. The Hall–Kier alpha value is 0.130. The third-order valence-corrected chi connectivity index (χ3v) is 6.01. The van der Waals surface area contributed by atoms with E-state index >= 15 is 0 Å². The predicted octanol–water partition coefficient (Wildman–Crippen LogP) is 5.23. The van der Waals surface area contributed by atoms with Gasteiger partial charge in [0.1, 0.15) is 0 Å². The normalized spacial score (nSPS) is 12.9. The molecule has 0 saturated carbocycles. The van der Waals surface area contributed by atoms with Gasteiger partial charge in [-0.25, -0.2) is 0 Å². The molecule has 92 valence electrons. The first-order valence-corrected chi connectivity index (χ1v) is 8.16. The fourth-order valence-electron chi connectivity index (χ4n) is 1.66. The highest BCUT2D eigenvalue weighted by Crippen LogP contribution is 2.38. The van der Waals surface area contributed by atoms with E-state index in [1.807, 2.05) is 17.4 Å². The first kappa shape index (κ1) is 13.6. The molecule has 0 saturated heterocycles. The summed E-state index contributed by atoms with van der Waals surface area (Å²) in [4.78, 5) is 3.94. The van der Waals surface area contributed by atoms with Gasteiger partial charge in [0.25, 0.3) is 0 Å². The second-order valence-corrected chi connectivity index (χ2v) is 7.84. The zero-order valence-electron chi connectivity index (χ0n) is 9.59. The van der Waals surface area contributed by atoms with Gasteiger partial charge in [-0.1, -0.05) is 18.5 Å². The monoisotopic (exact) mass is 349 g/mol. The highest BCUT2D eigenvalue weighted by molar-refractivity contribution is 9.11. The lowest BCUT2D eigenvalue weighted by Gasteiger charge is -2.14. The van der Waals surface area contributed by atoms with Gasteiger partial charge in [-0.2, -0.15) is 0 Å². The van der Waals surface area contributed by atoms with Crippen molar-refractivity contribution in [3.8, 4) is 0 Å². The van der Waals surface area contributed by atoms with E-state index in [1.165, 1.54) is 14.6 Å². The molecule has 0 spiro atoms. The van der Waals surface area contributed by atoms with Crippen molar-refractivity contribution in [3.05, 3.63) is 41.6 Å². The Labute approximate surface area is 123 Å². The number of hydrogen-bond acceptors (Lipinski definition) is 3. The van der Waals surface area contributed by atoms with Crippen LogP contribution in [0.3, 0.4) is 0 Å². The second-order valence-electron chi connectivity index (χ2n) is 3.71. The van der Waals surface area contributed by atoms with Crippen LogP contribution in [0.5, 0.6) is 0 Å². The largest absolute Gasteiger partial charge is 0.305 e. The van der Waals surface area contributed by atoms with Crippen LogP contribution in [0.25, 0.3) is 0 Å². The minimum atomic E-state index is 0.257. The van der Waals surface area contributed by atoms with Crippen LogP contribution in [-0.2, 0) is 0 Å². The van der Waals surface area contributed by atoms with Crippen LogP contribution in [0.4, 0.5) is 0 Å². The number of halogens is 2. The zero-order valence-corrected chi connectivity index (χ0v) is 13.6. The molecule has 0 radical (unpaired) electrons. The van der Waals surface area contributed by atoms with Gasteiger partial charge in [0.05, 0.1) is 14.9 Å². The zero-order chi connectivity index (χ0) is 12.4. The molecular weight excluding hydrogens is 338 g/mol. The lowest BCUT2D eigenvalue weighted by molar-refractivity contribution is 0.649. The van der Waals surface area contributed by atoms with Crippen LogP contribution in [0.2, 0.25) is 5.02 Å². The highest BCUT2D eigenvalue weighted by Gasteiger charge is 2.18. The number of thiophene rings is 2. The number of nitrogens with one attached hydrogen (secondary N) is 1. The minimum Gasteiger partial charge on any atom is -0.305 e. The average molecular weight is 351 g/mol. The lowest BCUT2D eigenvalue weighted by atomic mass is 10.2. The third-order valence-electron chi connectivity index (χ3n) is 2.40. The van der Waals surface area contributed by atoms with Crippen LogP contribution < -0.4 is 5.32 Å². The molecule has 2 rings (SSSR count). The maximum atomic E-state index is 6.11. The Balaban J connectivity index is 2.34. The summed E-state index contributed by atoms with van der Waals surface area (Å²) in [6.45, 7) is 5.20. The molecule has 1 unspecified atom stereocenters. The Kier molecular flexibility index (Phi) is 4.66. The van der Waals surface area contributed by atoms with Crippen molar-refractivity contribution in [3.63, 3.8) is 0 Å².